The maximum absolute atomic E-state index is 12.5. The standard InChI is InChI=1S/C20H33NO3S/c1-14(2)8-13-18(21-25(23)20(5,6)7)16-9-11-17(12-10-16)19(22)24-15(3)4/h9-12,14-15,18,21H,8,13H2,1-7H3. The summed E-state index contributed by atoms with van der Waals surface area (Å²) in [5, 5.41) is 0. The molecule has 0 aliphatic rings. The summed E-state index contributed by atoms with van der Waals surface area (Å²) in [5.74, 6) is 0.263. The lowest BCUT2D eigenvalue weighted by atomic mass is 9.97. The van der Waals surface area contributed by atoms with Crippen LogP contribution in [0.3, 0.4) is 0 Å². The summed E-state index contributed by atoms with van der Waals surface area (Å²) in [6.45, 7) is 13.9. The van der Waals surface area contributed by atoms with Gasteiger partial charge in [0.2, 0.25) is 0 Å². The molecule has 0 aromatic heterocycles. The van der Waals surface area contributed by atoms with Crippen LogP contribution in [0.2, 0.25) is 0 Å². The van der Waals surface area contributed by atoms with Crippen molar-refractivity contribution in [2.75, 3.05) is 0 Å². The highest BCUT2D eigenvalue weighted by Crippen LogP contribution is 2.24. The van der Waals surface area contributed by atoms with E-state index in [0.717, 1.165) is 18.4 Å². The molecule has 0 saturated carbocycles. The molecule has 0 spiro atoms. The summed E-state index contributed by atoms with van der Waals surface area (Å²) >= 11 is 0. The highest BCUT2D eigenvalue weighted by Gasteiger charge is 2.24. The summed E-state index contributed by atoms with van der Waals surface area (Å²) in [5.41, 5.74) is 1.58. The normalized spacial score (nSPS) is 14.6. The van der Waals surface area contributed by atoms with Gasteiger partial charge in [-0.05, 0) is 71.1 Å². The lowest BCUT2D eigenvalue weighted by Gasteiger charge is -2.25. The number of hydrogen-bond donors (Lipinski definition) is 1. The van der Waals surface area contributed by atoms with Gasteiger partial charge in [0.05, 0.1) is 27.4 Å². The van der Waals surface area contributed by atoms with E-state index in [1.54, 1.807) is 12.1 Å². The van der Waals surface area contributed by atoms with Crippen molar-refractivity contribution in [1.29, 1.82) is 0 Å². The Morgan fingerprint density at radius 1 is 1.08 bits per heavy atom. The summed E-state index contributed by atoms with van der Waals surface area (Å²) < 4.78 is 20.7. The van der Waals surface area contributed by atoms with Crippen molar-refractivity contribution in [2.24, 2.45) is 5.92 Å². The number of ether oxygens (including phenoxy) is 1. The number of benzene rings is 1. The van der Waals surface area contributed by atoms with Crippen LogP contribution in [0.5, 0.6) is 0 Å². The Balaban J connectivity index is 2.93. The molecule has 4 nitrogen and oxygen atoms in total. The molecule has 1 rings (SSSR count). The van der Waals surface area contributed by atoms with E-state index in [9.17, 15) is 9.00 Å². The molecule has 2 unspecified atom stereocenters. The van der Waals surface area contributed by atoms with Gasteiger partial charge in [0.25, 0.3) is 0 Å². The van der Waals surface area contributed by atoms with Crippen LogP contribution in [0.25, 0.3) is 0 Å². The first-order valence-electron chi connectivity index (χ1n) is 8.99. The first-order valence-corrected chi connectivity index (χ1v) is 10.1. The van der Waals surface area contributed by atoms with Crippen molar-refractivity contribution in [3.8, 4) is 0 Å². The Hall–Kier alpha value is -1.20. The van der Waals surface area contributed by atoms with Crippen LogP contribution in [-0.4, -0.2) is 21.0 Å². The lowest BCUT2D eigenvalue weighted by Crippen LogP contribution is -2.36. The van der Waals surface area contributed by atoms with E-state index in [4.69, 9.17) is 4.74 Å². The third-order valence-electron chi connectivity index (χ3n) is 3.73. The van der Waals surface area contributed by atoms with E-state index >= 15 is 0 Å². The molecule has 1 aromatic carbocycles. The Bertz CT molecular complexity index is 574. The minimum absolute atomic E-state index is 0.00220. The summed E-state index contributed by atoms with van der Waals surface area (Å²) in [4.78, 5) is 12.0. The van der Waals surface area contributed by atoms with Crippen molar-refractivity contribution in [3.63, 3.8) is 0 Å². The van der Waals surface area contributed by atoms with Gasteiger partial charge in [0, 0.05) is 6.04 Å². The number of carbonyl (C=O) groups excluding carboxylic acids is 1. The first kappa shape index (κ1) is 21.8. The molecule has 5 heteroatoms. The third-order valence-corrected chi connectivity index (χ3v) is 5.34. The van der Waals surface area contributed by atoms with E-state index in [-0.39, 0.29) is 22.9 Å². The molecule has 142 valence electrons. The van der Waals surface area contributed by atoms with Gasteiger partial charge in [0.1, 0.15) is 0 Å². The molecule has 25 heavy (non-hydrogen) atoms. The van der Waals surface area contributed by atoms with E-state index in [1.165, 1.54) is 0 Å². The molecule has 0 radical (unpaired) electrons. The van der Waals surface area contributed by atoms with Crippen molar-refractivity contribution in [1.82, 2.24) is 4.72 Å². The predicted molar refractivity (Wildman–Crippen MR) is 105 cm³/mol. The lowest BCUT2D eigenvalue weighted by molar-refractivity contribution is 0.0378. The summed E-state index contributed by atoms with van der Waals surface area (Å²) in [6.07, 6.45) is 1.80. The van der Waals surface area contributed by atoms with Gasteiger partial charge in [-0.25, -0.2) is 13.7 Å². The van der Waals surface area contributed by atoms with Crippen LogP contribution in [0.1, 0.15) is 83.3 Å². The Labute approximate surface area is 155 Å². The van der Waals surface area contributed by atoms with Crippen molar-refractivity contribution in [3.05, 3.63) is 35.4 Å². The van der Waals surface area contributed by atoms with E-state index < -0.39 is 11.0 Å². The van der Waals surface area contributed by atoms with Crippen LogP contribution in [0, 0.1) is 5.92 Å². The minimum Gasteiger partial charge on any atom is -0.459 e. The van der Waals surface area contributed by atoms with Crippen LogP contribution in [-0.2, 0) is 15.7 Å². The van der Waals surface area contributed by atoms with Crippen LogP contribution < -0.4 is 4.72 Å². The number of hydrogen-bond acceptors (Lipinski definition) is 3. The fourth-order valence-electron chi connectivity index (χ4n) is 2.23. The smallest absolute Gasteiger partial charge is 0.338 e. The second-order valence-corrected chi connectivity index (χ2v) is 10.1. The fourth-order valence-corrected chi connectivity index (χ4v) is 3.10. The summed E-state index contributed by atoms with van der Waals surface area (Å²) in [6, 6.07) is 7.41. The fraction of sp³-hybridized carbons (Fsp3) is 0.650. The number of nitrogens with one attached hydrogen (secondary N) is 1. The maximum atomic E-state index is 12.5. The largest absolute Gasteiger partial charge is 0.459 e. The monoisotopic (exact) mass is 367 g/mol. The second-order valence-electron chi connectivity index (χ2n) is 8.10. The molecule has 0 heterocycles. The average molecular weight is 368 g/mol. The van der Waals surface area contributed by atoms with Gasteiger partial charge in [-0.2, -0.15) is 0 Å². The molecule has 0 saturated heterocycles. The topological polar surface area (TPSA) is 55.4 Å². The van der Waals surface area contributed by atoms with Crippen LogP contribution in [0.15, 0.2) is 24.3 Å². The molecular formula is C20H33NO3S. The van der Waals surface area contributed by atoms with Crippen molar-refractivity contribution in [2.45, 2.75) is 78.2 Å². The highest BCUT2D eigenvalue weighted by atomic mass is 32.2. The van der Waals surface area contributed by atoms with E-state index in [0.29, 0.717) is 11.5 Å². The van der Waals surface area contributed by atoms with Gasteiger partial charge < -0.3 is 4.74 Å². The van der Waals surface area contributed by atoms with Gasteiger partial charge in [0.15, 0.2) is 0 Å². The number of rotatable bonds is 8. The third kappa shape index (κ3) is 7.70. The molecule has 0 fully saturated rings. The molecule has 0 amide bonds. The molecule has 0 aliphatic carbocycles. The van der Waals surface area contributed by atoms with E-state index in [2.05, 4.69) is 18.6 Å². The highest BCUT2D eigenvalue weighted by molar-refractivity contribution is 7.84. The van der Waals surface area contributed by atoms with Gasteiger partial charge in [-0.15, -0.1) is 0 Å². The van der Waals surface area contributed by atoms with Crippen molar-refractivity contribution >= 4 is 17.0 Å². The Morgan fingerprint density at radius 3 is 2.08 bits per heavy atom. The Kier molecular flexibility index (Phi) is 8.29. The SMILES string of the molecule is CC(C)CCC(NS(=O)C(C)(C)C)c1ccc(C(=O)OC(C)C)cc1. The van der Waals surface area contributed by atoms with Crippen LogP contribution in [0.4, 0.5) is 0 Å². The summed E-state index contributed by atoms with van der Waals surface area (Å²) in [7, 11) is -1.15. The average Bonchev–Trinajstić information content (AvgIpc) is 2.49. The van der Waals surface area contributed by atoms with Gasteiger partial charge in [-0.3, -0.25) is 0 Å². The molecule has 0 aliphatic heterocycles. The number of carbonyl (C=O) groups is 1. The van der Waals surface area contributed by atoms with E-state index in [1.807, 2.05) is 46.8 Å². The molecular weight excluding hydrogens is 334 g/mol. The maximum Gasteiger partial charge on any atom is 0.338 e. The Morgan fingerprint density at radius 2 is 1.64 bits per heavy atom. The molecule has 1 N–H and O–H groups in total. The van der Waals surface area contributed by atoms with Crippen LogP contribution >= 0.6 is 0 Å². The zero-order valence-corrected chi connectivity index (χ0v) is 17.4. The molecule has 2 atom stereocenters. The zero-order valence-electron chi connectivity index (χ0n) is 16.6. The van der Waals surface area contributed by atoms with Gasteiger partial charge >= 0.3 is 5.97 Å². The van der Waals surface area contributed by atoms with Crippen molar-refractivity contribution < 1.29 is 13.7 Å². The second kappa shape index (κ2) is 9.48. The quantitative estimate of drug-likeness (QED) is 0.673. The number of esters is 1. The molecule has 1 aromatic rings. The minimum atomic E-state index is -1.15. The van der Waals surface area contributed by atoms with Gasteiger partial charge in [-0.1, -0.05) is 26.0 Å². The molecule has 0 bridgehead atoms. The predicted octanol–water partition coefficient (Wildman–Crippen LogP) is 4.78. The zero-order chi connectivity index (χ0) is 19.2. The first-order chi connectivity index (χ1) is 11.5.